The Morgan fingerprint density at radius 1 is 1.18 bits per heavy atom. The van der Waals surface area contributed by atoms with E-state index in [-0.39, 0.29) is 6.61 Å². The van der Waals surface area contributed by atoms with Crippen LogP contribution in [0.4, 0.5) is 5.69 Å². The van der Waals surface area contributed by atoms with Crippen molar-refractivity contribution in [3.8, 4) is 0 Å². The van der Waals surface area contributed by atoms with E-state index in [2.05, 4.69) is 16.0 Å². The minimum atomic E-state index is -0.537. The van der Waals surface area contributed by atoms with Crippen molar-refractivity contribution in [1.29, 1.82) is 0 Å². The number of hydrogen-bond donors (Lipinski definition) is 3. The van der Waals surface area contributed by atoms with E-state index in [1.807, 2.05) is 55.6 Å². The number of carbonyl (C=O) groups is 1. The SMILES string of the molecule is CC(=Cc1ccc(C(=O)NO)cc1)CN(CCO)c1cnc2ccccc2c1. The van der Waals surface area contributed by atoms with Gasteiger partial charge in [-0.05, 0) is 36.8 Å². The second-order valence-corrected chi connectivity index (χ2v) is 6.59. The lowest BCUT2D eigenvalue weighted by atomic mass is 10.1. The number of pyridine rings is 1. The third-order valence-corrected chi connectivity index (χ3v) is 4.44. The minimum absolute atomic E-state index is 0.0467. The molecule has 0 aliphatic carbocycles. The van der Waals surface area contributed by atoms with Gasteiger partial charge in [-0.2, -0.15) is 0 Å². The van der Waals surface area contributed by atoms with Gasteiger partial charge in [0.1, 0.15) is 0 Å². The normalized spacial score (nSPS) is 11.5. The number of carbonyl (C=O) groups excluding carboxylic acids is 1. The Labute approximate surface area is 163 Å². The van der Waals surface area contributed by atoms with Crippen LogP contribution in [0.3, 0.4) is 0 Å². The molecule has 0 radical (unpaired) electrons. The molecule has 1 heterocycles. The Balaban J connectivity index is 1.78. The number of aliphatic hydroxyl groups is 1. The van der Waals surface area contributed by atoms with E-state index in [9.17, 15) is 9.90 Å². The summed E-state index contributed by atoms with van der Waals surface area (Å²) >= 11 is 0. The highest BCUT2D eigenvalue weighted by molar-refractivity contribution is 5.93. The summed E-state index contributed by atoms with van der Waals surface area (Å²) in [5.74, 6) is -0.537. The molecule has 0 bridgehead atoms. The fourth-order valence-corrected chi connectivity index (χ4v) is 3.08. The van der Waals surface area contributed by atoms with E-state index in [4.69, 9.17) is 5.21 Å². The van der Waals surface area contributed by atoms with Crippen LogP contribution < -0.4 is 10.4 Å². The predicted octanol–water partition coefficient (Wildman–Crippen LogP) is 3.26. The number of fused-ring (bicyclic) bond motifs is 1. The van der Waals surface area contributed by atoms with Crippen LogP contribution in [0.25, 0.3) is 17.0 Å². The number of aliphatic hydroxyl groups excluding tert-OH is 1. The Morgan fingerprint density at radius 3 is 2.64 bits per heavy atom. The van der Waals surface area contributed by atoms with Crippen LogP contribution in [-0.2, 0) is 0 Å². The van der Waals surface area contributed by atoms with Crippen LogP contribution in [0, 0.1) is 0 Å². The topological polar surface area (TPSA) is 85.7 Å². The number of hydrogen-bond acceptors (Lipinski definition) is 5. The van der Waals surface area contributed by atoms with Gasteiger partial charge in [0, 0.05) is 24.0 Å². The van der Waals surface area contributed by atoms with E-state index < -0.39 is 5.91 Å². The van der Waals surface area contributed by atoms with Crippen LogP contribution in [0.5, 0.6) is 0 Å². The van der Waals surface area contributed by atoms with Crippen molar-refractivity contribution in [1.82, 2.24) is 10.5 Å². The van der Waals surface area contributed by atoms with Gasteiger partial charge in [-0.1, -0.05) is 42.0 Å². The number of anilines is 1. The fraction of sp³-hybridized carbons (Fsp3) is 0.182. The summed E-state index contributed by atoms with van der Waals surface area (Å²) in [5, 5.41) is 19.2. The number of amides is 1. The fourth-order valence-electron chi connectivity index (χ4n) is 3.08. The van der Waals surface area contributed by atoms with Gasteiger partial charge < -0.3 is 10.0 Å². The number of para-hydroxylation sites is 1. The summed E-state index contributed by atoms with van der Waals surface area (Å²) in [6.07, 6.45) is 3.85. The lowest BCUT2D eigenvalue weighted by molar-refractivity contribution is 0.0706. The van der Waals surface area contributed by atoms with Crippen LogP contribution in [0.15, 0.2) is 66.4 Å². The molecule has 3 rings (SSSR count). The number of hydroxylamine groups is 1. The van der Waals surface area contributed by atoms with Gasteiger partial charge in [0.25, 0.3) is 5.91 Å². The van der Waals surface area contributed by atoms with Crippen molar-refractivity contribution >= 4 is 28.6 Å². The van der Waals surface area contributed by atoms with E-state index in [0.717, 1.165) is 27.7 Å². The molecule has 0 aliphatic rings. The quantitative estimate of drug-likeness (QED) is 0.435. The van der Waals surface area contributed by atoms with Crippen molar-refractivity contribution in [2.24, 2.45) is 0 Å². The molecule has 28 heavy (non-hydrogen) atoms. The molecule has 6 heteroatoms. The Kier molecular flexibility index (Phi) is 6.37. The average Bonchev–Trinajstić information content (AvgIpc) is 2.73. The van der Waals surface area contributed by atoms with Crippen LogP contribution in [0.2, 0.25) is 0 Å². The number of nitrogens with zero attached hydrogens (tertiary/aromatic N) is 2. The molecular formula is C22H23N3O3. The maximum atomic E-state index is 11.4. The van der Waals surface area contributed by atoms with Gasteiger partial charge in [-0.25, -0.2) is 5.48 Å². The Bertz CT molecular complexity index is 984. The molecule has 1 amide bonds. The molecule has 0 aliphatic heterocycles. The summed E-state index contributed by atoms with van der Waals surface area (Å²) in [4.78, 5) is 18.0. The highest BCUT2D eigenvalue weighted by atomic mass is 16.5. The third kappa shape index (κ3) is 4.73. The number of benzene rings is 2. The summed E-state index contributed by atoms with van der Waals surface area (Å²) in [7, 11) is 0. The zero-order valence-electron chi connectivity index (χ0n) is 15.7. The van der Waals surface area contributed by atoms with Gasteiger partial charge in [0.05, 0.1) is 24.0 Å². The molecule has 0 unspecified atom stereocenters. The molecule has 6 nitrogen and oxygen atoms in total. The monoisotopic (exact) mass is 377 g/mol. The molecule has 0 saturated heterocycles. The predicted molar refractivity (Wildman–Crippen MR) is 110 cm³/mol. The first kappa shape index (κ1) is 19.5. The molecule has 3 N–H and O–H groups in total. The van der Waals surface area contributed by atoms with Crippen molar-refractivity contribution in [3.63, 3.8) is 0 Å². The lowest BCUT2D eigenvalue weighted by Gasteiger charge is -2.24. The van der Waals surface area contributed by atoms with E-state index >= 15 is 0 Å². The number of aromatic nitrogens is 1. The summed E-state index contributed by atoms with van der Waals surface area (Å²) < 4.78 is 0. The highest BCUT2D eigenvalue weighted by Gasteiger charge is 2.09. The summed E-state index contributed by atoms with van der Waals surface area (Å²) in [5.41, 5.74) is 5.96. The standard InChI is InChI=1S/C22H23N3O3/c1-16(12-17-6-8-18(9-7-17)22(27)24-28)15-25(10-11-26)20-13-19-4-2-3-5-21(19)23-14-20/h2-9,12-14,26,28H,10-11,15H2,1H3,(H,24,27). The lowest BCUT2D eigenvalue weighted by Crippen LogP contribution is -2.28. The van der Waals surface area contributed by atoms with Gasteiger partial charge in [-0.15, -0.1) is 0 Å². The van der Waals surface area contributed by atoms with E-state index in [1.54, 1.807) is 17.6 Å². The smallest absolute Gasteiger partial charge is 0.274 e. The van der Waals surface area contributed by atoms with Gasteiger partial charge >= 0.3 is 0 Å². The zero-order valence-corrected chi connectivity index (χ0v) is 15.7. The first-order chi connectivity index (χ1) is 13.6. The largest absolute Gasteiger partial charge is 0.395 e. The molecule has 0 saturated carbocycles. The molecule has 0 fully saturated rings. The van der Waals surface area contributed by atoms with Gasteiger partial charge in [0.2, 0.25) is 0 Å². The second-order valence-electron chi connectivity index (χ2n) is 6.59. The Morgan fingerprint density at radius 2 is 1.93 bits per heavy atom. The third-order valence-electron chi connectivity index (χ3n) is 4.44. The van der Waals surface area contributed by atoms with Crippen molar-refractivity contribution < 1.29 is 15.1 Å². The molecule has 0 spiro atoms. The first-order valence-corrected chi connectivity index (χ1v) is 9.03. The Hall–Kier alpha value is -3.22. The number of nitrogens with one attached hydrogen (secondary N) is 1. The van der Waals surface area contributed by atoms with E-state index in [1.165, 1.54) is 0 Å². The number of rotatable bonds is 7. The van der Waals surface area contributed by atoms with E-state index in [0.29, 0.717) is 18.7 Å². The van der Waals surface area contributed by atoms with Gasteiger partial charge in [-0.3, -0.25) is 15.0 Å². The van der Waals surface area contributed by atoms with Crippen LogP contribution >= 0.6 is 0 Å². The minimum Gasteiger partial charge on any atom is -0.395 e. The first-order valence-electron chi connectivity index (χ1n) is 9.03. The van der Waals surface area contributed by atoms with Crippen molar-refractivity contribution in [3.05, 3.63) is 77.5 Å². The maximum Gasteiger partial charge on any atom is 0.274 e. The maximum absolute atomic E-state index is 11.4. The van der Waals surface area contributed by atoms with Crippen LogP contribution in [-0.4, -0.2) is 40.9 Å². The van der Waals surface area contributed by atoms with Crippen molar-refractivity contribution in [2.75, 3.05) is 24.6 Å². The molecular weight excluding hydrogens is 354 g/mol. The van der Waals surface area contributed by atoms with Gasteiger partial charge in [0.15, 0.2) is 0 Å². The molecule has 1 aromatic heterocycles. The zero-order chi connectivity index (χ0) is 19.9. The molecule has 144 valence electrons. The second kappa shape index (κ2) is 9.12. The van der Waals surface area contributed by atoms with Crippen LogP contribution in [0.1, 0.15) is 22.8 Å². The molecule has 3 aromatic rings. The highest BCUT2D eigenvalue weighted by Crippen LogP contribution is 2.21. The molecule has 0 atom stereocenters. The van der Waals surface area contributed by atoms with Crippen molar-refractivity contribution in [2.45, 2.75) is 6.92 Å². The molecule has 2 aromatic carbocycles. The summed E-state index contributed by atoms with van der Waals surface area (Å²) in [6, 6.07) is 17.0. The average molecular weight is 377 g/mol. The summed E-state index contributed by atoms with van der Waals surface area (Å²) in [6.45, 7) is 3.21.